The van der Waals surface area contributed by atoms with Gasteiger partial charge in [0, 0.05) is 22.0 Å². The first-order valence-corrected chi connectivity index (χ1v) is 9.12. The van der Waals surface area contributed by atoms with E-state index in [1.807, 2.05) is 30.3 Å². The van der Waals surface area contributed by atoms with Gasteiger partial charge in [-0.25, -0.2) is 0 Å². The van der Waals surface area contributed by atoms with Crippen LogP contribution in [0.3, 0.4) is 0 Å². The van der Waals surface area contributed by atoms with Gasteiger partial charge in [0.25, 0.3) is 0 Å². The second-order valence-electron chi connectivity index (χ2n) is 5.17. The summed E-state index contributed by atoms with van der Waals surface area (Å²) in [5, 5.41) is 0.901. The number of rotatable bonds is 4. The number of hydrogen-bond donors (Lipinski definition) is 0. The van der Waals surface area contributed by atoms with E-state index in [1.54, 1.807) is 0 Å². The van der Waals surface area contributed by atoms with E-state index in [1.165, 1.54) is 11.1 Å². The Hall–Kier alpha value is -1.32. The van der Waals surface area contributed by atoms with Gasteiger partial charge < -0.3 is 4.42 Å². The second-order valence-corrected chi connectivity index (χ2v) is 6.76. The van der Waals surface area contributed by atoms with Gasteiger partial charge in [-0.2, -0.15) is 0 Å². The molecule has 112 valence electrons. The zero-order chi connectivity index (χ0) is 15.5. The highest BCUT2D eigenvalue weighted by Gasteiger charge is 2.21. The van der Waals surface area contributed by atoms with Crippen molar-refractivity contribution in [2.24, 2.45) is 0 Å². The summed E-state index contributed by atoms with van der Waals surface area (Å²) in [6.45, 7) is 2.11. The largest absolute Gasteiger partial charge is 0.455 e. The first-order chi connectivity index (χ1) is 10.7. The van der Waals surface area contributed by atoms with E-state index in [9.17, 15) is 0 Å². The molecular weight excluding hydrogens is 404 g/mol. The smallest absolute Gasteiger partial charge is 0.149 e. The van der Waals surface area contributed by atoms with Crippen LogP contribution in [0.15, 0.2) is 63.5 Å². The van der Waals surface area contributed by atoms with Crippen LogP contribution in [0.4, 0.5) is 0 Å². The maximum atomic E-state index is 6.28. The number of halogens is 2. The lowest BCUT2D eigenvalue weighted by molar-refractivity contribution is 0.593. The van der Waals surface area contributed by atoms with E-state index < -0.39 is 0 Å². The van der Waals surface area contributed by atoms with Crippen LogP contribution in [0.5, 0.6) is 0 Å². The van der Waals surface area contributed by atoms with Crippen LogP contribution in [0, 0.1) is 6.92 Å². The molecule has 3 rings (SSSR count). The van der Waals surface area contributed by atoms with Crippen LogP contribution in [0.25, 0.3) is 22.6 Å². The minimum absolute atomic E-state index is 0.901. The molecule has 3 aromatic rings. The van der Waals surface area contributed by atoms with Gasteiger partial charge in [0.15, 0.2) is 0 Å². The Morgan fingerprint density at radius 3 is 2.27 bits per heavy atom. The Bertz CT molecular complexity index is 775. The number of alkyl halides is 1. The minimum Gasteiger partial charge on any atom is -0.455 e. The van der Waals surface area contributed by atoms with Crippen molar-refractivity contribution in [3.63, 3.8) is 0 Å². The lowest BCUT2D eigenvalue weighted by atomic mass is 10.0. The van der Waals surface area contributed by atoms with Crippen molar-refractivity contribution in [2.45, 2.75) is 13.3 Å². The summed E-state index contributed by atoms with van der Waals surface area (Å²) in [6.07, 6.45) is 0.917. The summed E-state index contributed by atoms with van der Waals surface area (Å²) >= 11 is 7.30. The molecule has 0 spiro atoms. The van der Waals surface area contributed by atoms with Gasteiger partial charge in [0.2, 0.25) is 0 Å². The second kappa shape index (κ2) is 6.84. The number of hydrogen-bond acceptors (Lipinski definition) is 1. The van der Waals surface area contributed by atoms with E-state index in [4.69, 9.17) is 4.42 Å². The zero-order valence-electron chi connectivity index (χ0n) is 12.3. The molecule has 1 aromatic heterocycles. The molecule has 3 heteroatoms. The van der Waals surface area contributed by atoms with Gasteiger partial charge in [-0.15, -0.1) is 0 Å². The molecule has 1 heterocycles. The summed E-state index contributed by atoms with van der Waals surface area (Å²) in [6, 6.07) is 18.6. The molecule has 0 bridgehead atoms. The summed E-state index contributed by atoms with van der Waals surface area (Å²) in [4.78, 5) is 0. The highest BCUT2D eigenvalue weighted by molar-refractivity contribution is 9.10. The monoisotopic (exact) mass is 418 g/mol. The van der Waals surface area contributed by atoms with Gasteiger partial charge >= 0.3 is 0 Å². The highest BCUT2D eigenvalue weighted by Crippen LogP contribution is 2.41. The molecule has 0 unspecified atom stereocenters. The van der Waals surface area contributed by atoms with E-state index >= 15 is 0 Å². The maximum absolute atomic E-state index is 6.28. The molecule has 0 saturated heterocycles. The SMILES string of the molecule is Cc1ccccc1-c1oc(-c2ccccc2)c(CCBr)c1Br. The first-order valence-electron chi connectivity index (χ1n) is 7.21. The standard InChI is InChI=1S/C19H16Br2O/c1-13-7-5-6-10-15(13)19-17(21)16(11-12-20)18(22-19)14-8-3-2-4-9-14/h2-10H,11-12H2,1H3. The molecular formula is C19H16Br2O. The number of furan rings is 1. The fourth-order valence-corrected chi connectivity index (χ4v) is 3.66. The van der Waals surface area contributed by atoms with Crippen LogP contribution in [0.2, 0.25) is 0 Å². The molecule has 1 nitrogen and oxygen atoms in total. The van der Waals surface area contributed by atoms with Crippen LogP contribution in [0.1, 0.15) is 11.1 Å². The van der Waals surface area contributed by atoms with Crippen molar-refractivity contribution in [2.75, 3.05) is 5.33 Å². The average molecular weight is 420 g/mol. The minimum atomic E-state index is 0.901. The van der Waals surface area contributed by atoms with Crippen molar-refractivity contribution in [1.82, 2.24) is 0 Å². The van der Waals surface area contributed by atoms with E-state index in [0.717, 1.165) is 38.9 Å². The molecule has 22 heavy (non-hydrogen) atoms. The van der Waals surface area contributed by atoms with Crippen molar-refractivity contribution in [3.8, 4) is 22.6 Å². The fourth-order valence-electron chi connectivity index (χ4n) is 2.59. The topological polar surface area (TPSA) is 13.1 Å². The van der Waals surface area contributed by atoms with Gasteiger partial charge in [-0.3, -0.25) is 0 Å². The van der Waals surface area contributed by atoms with Crippen molar-refractivity contribution >= 4 is 31.9 Å². The quantitative estimate of drug-likeness (QED) is 0.433. The predicted octanol–water partition coefficient (Wildman–Crippen LogP) is 6.62. The van der Waals surface area contributed by atoms with Crippen LogP contribution < -0.4 is 0 Å². The van der Waals surface area contributed by atoms with Gasteiger partial charge in [-0.1, -0.05) is 70.5 Å². The third-order valence-electron chi connectivity index (χ3n) is 3.71. The summed E-state index contributed by atoms with van der Waals surface area (Å²) in [5.74, 6) is 1.86. The molecule has 0 N–H and O–H groups in total. The zero-order valence-corrected chi connectivity index (χ0v) is 15.4. The Morgan fingerprint density at radius 2 is 1.59 bits per heavy atom. The third kappa shape index (κ3) is 2.92. The molecule has 0 saturated carbocycles. The molecule has 0 atom stereocenters. The Balaban J connectivity index is 2.20. The summed E-state index contributed by atoms with van der Waals surface area (Å²) in [7, 11) is 0. The number of benzene rings is 2. The molecule has 0 aliphatic rings. The normalized spacial score (nSPS) is 10.9. The fraction of sp³-hybridized carbons (Fsp3) is 0.158. The third-order valence-corrected chi connectivity index (χ3v) is 4.95. The van der Waals surface area contributed by atoms with E-state index in [-0.39, 0.29) is 0 Å². The molecule has 0 aliphatic heterocycles. The molecule has 0 fully saturated rings. The average Bonchev–Trinajstić information content (AvgIpc) is 2.86. The van der Waals surface area contributed by atoms with Crippen molar-refractivity contribution in [3.05, 3.63) is 70.2 Å². The first kappa shape index (κ1) is 15.6. The van der Waals surface area contributed by atoms with Crippen LogP contribution in [-0.4, -0.2) is 5.33 Å². The molecule has 0 amide bonds. The summed E-state index contributed by atoms with van der Waals surface area (Å²) < 4.78 is 7.34. The summed E-state index contributed by atoms with van der Waals surface area (Å²) in [5.41, 5.74) is 4.66. The Morgan fingerprint density at radius 1 is 0.909 bits per heavy atom. The van der Waals surface area contributed by atoms with Crippen LogP contribution >= 0.6 is 31.9 Å². The lowest BCUT2D eigenvalue weighted by Gasteiger charge is -2.02. The van der Waals surface area contributed by atoms with Crippen molar-refractivity contribution < 1.29 is 4.42 Å². The molecule has 0 radical (unpaired) electrons. The lowest BCUT2D eigenvalue weighted by Crippen LogP contribution is -1.88. The number of aryl methyl sites for hydroxylation is 1. The van der Waals surface area contributed by atoms with E-state index in [0.29, 0.717) is 0 Å². The van der Waals surface area contributed by atoms with Gasteiger partial charge in [0.1, 0.15) is 11.5 Å². The van der Waals surface area contributed by atoms with E-state index in [2.05, 4.69) is 63.0 Å². The Labute approximate surface area is 147 Å². The highest BCUT2D eigenvalue weighted by atomic mass is 79.9. The van der Waals surface area contributed by atoms with Crippen molar-refractivity contribution in [1.29, 1.82) is 0 Å². The molecule has 2 aromatic carbocycles. The van der Waals surface area contributed by atoms with Gasteiger partial charge in [0.05, 0.1) is 4.47 Å². The van der Waals surface area contributed by atoms with Crippen LogP contribution in [-0.2, 0) is 6.42 Å². The van der Waals surface area contributed by atoms with Gasteiger partial charge in [-0.05, 0) is 34.8 Å². The predicted molar refractivity (Wildman–Crippen MR) is 99.5 cm³/mol. The Kier molecular flexibility index (Phi) is 4.84. The molecule has 0 aliphatic carbocycles. The maximum Gasteiger partial charge on any atom is 0.149 e.